The second kappa shape index (κ2) is 7.69. The maximum atomic E-state index is 11.0. The van der Waals surface area contributed by atoms with Crippen LogP contribution in [0.2, 0.25) is 0 Å². The van der Waals surface area contributed by atoms with Gasteiger partial charge in [-0.05, 0) is 68.9 Å². The number of halogens is 2. The summed E-state index contributed by atoms with van der Waals surface area (Å²) in [5.41, 5.74) is -0.358. The molecule has 0 saturated heterocycles. The lowest BCUT2D eigenvalue weighted by Gasteiger charge is -2.02. The van der Waals surface area contributed by atoms with Crippen LogP contribution in [0.5, 0.6) is 11.5 Å². The molecule has 0 saturated carbocycles. The first-order chi connectivity index (χ1) is 11.3. The topological polar surface area (TPSA) is 128 Å². The number of aromatic hydroxyl groups is 1. The Kier molecular flexibility index (Phi) is 5.87. The molecular formula is C13H7I2N3O6. The van der Waals surface area contributed by atoms with E-state index >= 15 is 0 Å². The molecule has 0 bridgehead atoms. The van der Waals surface area contributed by atoms with Crippen LogP contribution in [0, 0.1) is 27.4 Å². The Hall–Kier alpha value is -2.03. The number of hydrogen-bond donors (Lipinski definition) is 1. The lowest BCUT2D eigenvalue weighted by atomic mass is 10.2. The number of phenols is 1. The van der Waals surface area contributed by atoms with Crippen molar-refractivity contribution in [2.24, 2.45) is 5.16 Å². The summed E-state index contributed by atoms with van der Waals surface area (Å²) in [7, 11) is 0. The van der Waals surface area contributed by atoms with Crippen LogP contribution in [-0.2, 0) is 0 Å². The number of non-ortho nitro benzene ring substituents is 1. The Morgan fingerprint density at radius 1 is 1.08 bits per heavy atom. The number of nitrogens with zero attached hydrogens (tertiary/aromatic N) is 3. The SMILES string of the molecule is O=[N+]([O-])c1ccc(ON=Cc2cc(I)c(O)c(I)c2)c([N+](=O)[O-])c1. The van der Waals surface area contributed by atoms with Gasteiger partial charge in [0.25, 0.3) is 5.69 Å². The molecular weight excluding hydrogens is 548 g/mol. The normalized spacial score (nSPS) is 10.8. The van der Waals surface area contributed by atoms with Crippen LogP contribution in [0.3, 0.4) is 0 Å². The minimum atomic E-state index is -0.787. The number of benzene rings is 2. The highest BCUT2D eigenvalue weighted by Gasteiger charge is 2.21. The zero-order valence-corrected chi connectivity index (χ0v) is 15.9. The molecule has 9 nitrogen and oxygen atoms in total. The van der Waals surface area contributed by atoms with Gasteiger partial charge in [-0.3, -0.25) is 20.2 Å². The summed E-state index contributed by atoms with van der Waals surface area (Å²) in [6.45, 7) is 0. The Balaban J connectivity index is 2.25. The zero-order valence-electron chi connectivity index (χ0n) is 11.6. The van der Waals surface area contributed by atoms with Gasteiger partial charge in [0, 0.05) is 6.07 Å². The minimum absolute atomic E-state index is 0.153. The van der Waals surface area contributed by atoms with Crippen molar-refractivity contribution in [3.63, 3.8) is 0 Å². The zero-order chi connectivity index (χ0) is 17.9. The van der Waals surface area contributed by atoms with Crippen molar-refractivity contribution in [2.75, 3.05) is 0 Å². The quantitative estimate of drug-likeness (QED) is 0.259. The molecule has 0 unspecified atom stereocenters. The average Bonchev–Trinajstić information content (AvgIpc) is 2.52. The highest BCUT2D eigenvalue weighted by atomic mass is 127. The van der Waals surface area contributed by atoms with Gasteiger partial charge in [0.2, 0.25) is 5.75 Å². The van der Waals surface area contributed by atoms with Crippen molar-refractivity contribution in [3.05, 3.63) is 63.3 Å². The fourth-order valence-corrected chi connectivity index (χ4v) is 3.46. The molecule has 2 aromatic carbocycles. The maximum Gasteiger partial charge on any atom is 0.321 e. The van der Waals surface area contributed by atoms with E-state index in [0.29, 0.717) is 12.7 Å². The average molecular weight is 555 g/mol. The molecule has 0 aliphatic heterocycles. The van der Waals surface area contributed by atoms with Gasteiger partial charge in [-0.2, -0.15) is 0 Å². The number of rotatable bonds is 5. The van der Waals surface area contributed by atoms with Crippen molar-refractivity contribution < 1.29 is 19.8 Å². The summed E-state index contributed by atoms with van der Waals surface area (Å²) >= 11 is 3.90. The lowest BCUT2D eigenvalue weighted by Crippen LogP contribution is -1.96. The fourth-order valence-electron chi connectivity index (χ4n) is 1.64. The number of phenolic OH excluding ortho intramolecular Hbond substituents is 1. The van der Waals surface area contributed by atoms with Crippen molar-refractivity contribution in [1.82, 2.24) is 0 Å². The van der Waals surface area contributed by atoms with E-state index in [9.17, 15) is 25.3 Å². The molecule has 0 spiro atoms. The second-order valence-electron chi connectivity index (χ2n) is 4.33. The Morgan fingerprint density at radius 3 is 2.25 bits per heavy atom. The molecule has 0 aliphatic carbocycles. The van der Waals surface area contributed by atoms with E-state index in [-0.39, 0.29) is 11.5 Å². The molecule has 0 aromatic heterocycles. The Bertz CT molecular complexity index is 833. The predicted molar refractivity (Wildman–Crippen MR) is 102 cm³/mol. The van der Waals surface area contributed by atoms with E-state index in [1.165, 1.54) is 6.21 Å². The summed E-state index contributed by atoms with van der Waals surface area (Å²) in [5.74, 6) is -0.0645. The van der Waals surface area contributed by atoms with E-state index in [0.717, 1.165) is 18.2 Å². The van der Waals surface area contributed by atoms with Crippen molar-refractivity contribution in [2.45, 2.75) is 0 Å². The standard InChI is InChI=1S/C13H7I2N3O6/c14-9-3-7(4-10(15)13(9)19)6-16-24-12-2-1-8(17(20)21)5-11(12)18(22)23/h1-6,19H. The monoisotopic (exact) mass is 555 g/mol. The Labute approximate surface area is 161 Å². The first kappa shape index (κ1) is 18.3. The van der Waals surface area contributed by atoms with Crippen molar-refractivity contribution in [3.8, 4) is 11.5 Å². The van der Waals surface area contributed by atoms with Gasteiger partial charge in [-0.15, -0.1) is 0 Å². The first-order valence-electron chi connectivity index (χ1n) is 6.11. The van der Waals surface area contributed by atoms with Crippen molar-refractivity contribution >= 4 is 62.8 Å². The molecule has 124 valence electrons. The van der Waals surface area contributed by atoms with E-state index in [4.69, 9.17) is 4.84 Å². The van der Waals surface area contributed by atoms with E-state index in [1.807, 2.05) is 45.2 Å². The summed E-state index contributed by atoms with van der Waals surface area (Å²) < 4.78 is 1.23. The molecule has 2 aromatic rings. The largest absolute Gasteiger partial charge is 0.506 e. The molecule has 0 atom stereocenters. The van der Waals surface area contributed by atoms with E-state index < -0.39 is 21.2 Å². The van der Waals surface area contributed by atoms with Gasteiger partial charge < -0.3 is 9.94 Å². The Morgan fingerprint density at radius 2 is 1.71 bits per heavy atom. The van der Waals surface area contributed by atoms with Crippen LogP contribution in [0.4, 0.5) is 11.4 Å². The third-order valence-corrected chi connectivity index (χ3v) is 4.39. The lowest BCUT2D eigenvalue weighted by molar-refractivity contribution is -0.394. The molecule has 0 aliphatic rings. The van der Waals surface area contributed by atoms with Crippen LogP contribution in [-0.4, -0.2) is 21.2 Å². The number of nitro groups is 2. The highest BCUT2D eigenvalue weighted by Crippen LogP contribution is 2.31. The predicted octanol–water partition coefficient (Wildman–Crippen LogP) is 3.83. The van der Waals surface area contributed by atoms with Gasteiger partial charge in [-0.25, -0.2) is 0 Å². The molecule has 0 heterocycles. The summed E-state index contributed by atoms with van der Waals surface area (Å²) in [6.07, 6.45) is 1.31. The molecule has 0 amide bonds. The first-order valence-corrected chi connectivity index (χ1v) is 8.26. The van der Waals surface area contributed by atoms with Crippen LogP contribution in [0.25, 0.3) is 0 Å². The van der Waals surface area contributed by atoms with Gasteiger partial charge in [0.05, 0.1) is 29.3 Å². The molecule has 0 radical (unpaired) electrons. The molecule has 0 fully saturated rings. The minimum Gasteiger partial charge on any atom is -0.506 e. The molecule has 2 rings (SSSR count). The van der Waals surface area contributed by atoms with Crippen LogP contribution >= 0.6 is 45.2 Å². The van der Waals surface area contributed by atoms with Crippen LogP contribution < -0.4 is 4.84 Å². The van der Waals surface area contributed by atoms with Crippen molar-refractivity contribution in [1.29, 1.82) is 0 Å². The molecule has 11 heteroatoms. The molecule has 1 N–H and O–H groups in total. The van der Waals surface area contributed by atoms with Crippen LogP contribution in [0.15, 0.2) is 35.5 Å². The van der Waals surface area contributed by atoms with Gasteiger partial charge in [-0.1, -0.05) is 5.16 Å². The highest BCUT2D eigenvalue weighted by molar-refractivity contribution is 14.1. The van der Waals surface area contributed by atoms with Gasteiger partial charge in [0.15, 0.2) is 0 Å². The summed E-state index contributed by atoms with van der Waals surface area (Å²) in [6, 6.07) is 6.30. The third-order valence-electron chi connectivity index (χ3n) is 2.74. The fraction of sp³-hybridized carbons (Fsp3) is 0. The van der Waals surface area contributed by atoms with E-state index in [2.05, 4.69) is 5.16 Å². The van der Waals surface area contributed by atoms with Crippen LogP contribution in [0.1, 0.15) is 5.56 Å². The maximum absolute atomic E-state index is 11.0. The number of nitro benzene ring substituents is 2. The third kappa shape index (κ3) is 4.28. The smallest absolute Gasteiger partial charge is 0.321 e. The second-order valence-corrected chi connectivity index (χ2v) is 6.65. The number of oxime groups is 1. The summed E-state index contributed by atoms with van der Waals surface area (Å²) in [4.78, 5) is 25.1. The van der Waals surface area contributed by atoms with E-state index in [1.54, 1.807) is 12.1 Å². The number of hydrogen-bond acceptors (Lipinski definition) is 7. The van der Waals surface area contributed by atoms with Gasteiger partial charge in [0.1, 0.15) is 5.75 Å². The molecule has 24 heavy (non-hydrogen) atoms. The van der Waals surface area contributed by atoms with Gasteiger partial charge >= 0.3 is 5.69 Å². The summed E-state index contributed by atoms with van der Waals surface area (Å²) in [5, 5.41) is 35.0.